The number of halogens is 1. The molecule has 1 saturated heterocycles. The van der Waals surface area contributed by atoms with Crippen molar-refractivity contribution in [2.24, 2.45) is 5.10 Å². The first-order valence-corrected chi connectivity index (χ1v) is 12.2. The molecular weight excluding hydrogens is 467 g/mol. The molecule has 3 N–H and O–H groups in total. The van der Waals surface area contributed by atoms with Gasteiger partial charge in [-0.15, -0.1) is 11.3 Å². The van der Waals surface area contributed by atoms with Crippen molar-refractivity contribution in [3.8, 4) is 0 Å². The average Bonchev–Trinajstić information content (AvgIpc) is 3.21. The van der Waals surface area contributed by atoms with Crippen molar-refractivity contribution < 1.29 is 19.1 Å². The van der Waals surface area contributed by atoms with E-state index in [4.69, 9.17) is 0 Å². The Bertz CT molecular complexity index is 1220. The standard InChI is InChI=1S/C26H27FN4O3S/c1-17-16-35-26(23(17)25(34)30-28-14-18-5-7-21(27)8-6-18)29-24(33)20-4-2-3-19(13-20)15-31-11-9-22(32)10-12-31/h2-8,13-14,16,22,32H,9-12,15H2,1H3,(H,29,33)(H,30,34). The third-order valence-electron chi connectivity index (χ3n) is 5.83. The minimum absolute atomic E-state index is 0.224. The van der Waals surface area contributed by atoms with Gasteiger partial charge >= 0.3 is 0 Å². The van der Waals surface area contributed by atoms with E-state index in [1.807, 2.05) is 18.2 Å². The molecule has 0 saturated carbocycles. The number of anilines is 1. The zero-order valence-corrected chi connectivity index (χ0v) is 20.1. The van der Waals surface area contributed by atoms with E-state index in [0.717, 1.165) is 37.1 Å². The quantitative estimate of drug-likeness (QED) is 0.340. The van der Waals surface area contributed by atoms with Crippen LogP contribution in [0.1, 0.15) is 50.2 Å². The number of hydrogen-bond acceptors (Lipinski definition) is 6. The van der Waals surface area contributed by atoms with Gasteiger partial charge in [-0.2, -0.15) is 5.10 Å². The van der Waals surface area contributed by atoms with Gasteiger partial charge in [-0.25, -0.2) is 9.82 Å². The number of hydrogen-bond donors (Lipinski definition) is 3. The summed E-state index contributed by atoms with van der Waals surface area (Å²) in [5.74, 6) is -1.09. The Morgan fingerprint density at radius 1 is 1.17 bits per heavy atom. The van der Waals surface area contributed by atoms with E-state index in [1.54, 1.807) is 30.5 Å². The fraction of sp³-hybridized carbons (Fsp3) is 0.269. The average molecular weight is 495 g/mol. The number of rotatable bonds is 7. The Kier molecular flexibility index (Phi) is 8.02. The Morgan fingerprint density at radius 3 is 2.66 bits per heavy atom. The highest BCUT2D eigenvalue weighted by atomic mass is 32.1. The predicted octanol–water partition coefficient (Wildman–Crippen LogP) is 4.17. The SMILES string of the molecule is Cc1csc(NC(=O)c2cccc(CN3CCC(O)CC3)c2)c1C(=O)NN=Cc1ccc(F)cc1. The topological polar surface area (TPSA) is 94.0 Å². The number of benzene rings is 2. The molecule has 3 aromatic rings. The van der Waals surface area contributed by atoms with E-state index in [-0.39, 0.29) is 17.8 Å². The predicted molar refractivity (Wildman–Crippen MR) is 135 cm³/mol. The molecule has 0 spiro atoms. The van der Waals surface area contributed by atoms with Crippen molar-refractivity contribution in [1.29, 1.82) is 0 Å². The van der Waals surface area contributed by atoms with Crippen molar-refractivity contribution in [3.05, 3.63) is 87.5 Å². The first-order chi connectivity index (χ1) is 16.9. The van der Waals surface area contributed by atoms with Crippen LogP contribution in [0, 0.1) is 12.7 Å². The van der Waals surface area contributed by atoms with Crippen molar-refractivity contribution in [3.63, 3.8) is 0 Å². The number of nitrogens with one attached hydrogen (secondary N) is 2. The molecular formula is C26H27FN4O3S. The van der Waals surface area contributed by atoms with E-state index in [2.05, 4.69) is 20.7 Å². The maximum absolute atomic E-state index is 13.0. The third kappa shape index (κ3) is 6.60. The Balaban J connectivity index is 1.40. The van der Waals surface area contributed by atoms with Crippen LogP contribution in [0.4, 0.5) is 9.39 Å². The number of carbonyl (C=O) groups excluding carboxylic acids is 2. The van der Waals surface area contributed by atoms with Crippen LogP contribution in [-0.2, 0) is 6.54 Å². The van der Waals surface area contributed by atoms with Crippen molar-refractivity contribution >= 4 is 34.4 Å². The molecule has 1 aromatic heterocycles. The summed E-state index contributed by atoms with van der Waals surface area (Å²) in [6.45, 7) is 4.16. The minimum atomic E-state index is -0.446. The third-order valence-corrected chi connectivity index (χ3v) is 6.84. The molecule has 1 aliphatic heterocycles. The molecule has 1 aliphatic rings. The molecule has 2 aromatic carbocycles. The van der Waals surface area contributed by atoms with Gasteiger partial charge in [0.25, 0.3) is 11.8 Å². The molecule has 2 amide bonds. The van der Waals surface area contributed by atoms with Crippen molar-refractivity contribution in [1.82, 2.24) is 10.3 Å². The number of likely N-dealkylation sites (tertiary alicyclic amines) is 1. The smallest absolute Gasteiger partial charge is 0.274 e. The fourth-order valence-corrected chi connectivity index (χ4v) is 4.85. The fourth-order valence-electron chi connectivity index (χ4n) is 3.91. The van der Waals surface area contributed by atoms with Crippen molar-refractivity contribution in [2.75, 3.05) is 18.4 Å². The van der Waals surface area contributed by atoms with Gasteiger partial charge in [0.15, 0.2) is 0 Å². The molecule has 0 unspecified atom stereocenters. The van der Waals surface area contributed by atoms with Gasteiger partial charge in [0, 0.05) is 25.2 Å². The number of amides is 2. The summed E-state index contributed by atoms with van der Waals surface area (Å²) in [7, 11) is 0. The number of thiophene rings is 1. The summed E-state index contributed by atoms with van der Waals surface area (Å²) in [6, 6.07) is 13.1. The highest BCUT2D eigenvalue weighted by Gasteiger charge is 2.20. The molecule has 0 atom stereocenters. The van der Waals surface area contributed by atoms with Crippen LogP contribution in [-0.4, -0.2) is 47.2 Å². The van der Waals surface area contributed by atoms with E-state index < -0.39 is 5.91 Å². The van der Waals surface area contributed by atoms with E-state index in [9.17, 15) is 19.1 Å². The molecule has 0 bridgehead atoms. The van der Waals surface area contributed by atoms with Crippen LogP contribution in [0.3, 0.4) is 0 Å². The molecule has 35 heavy (non-hydrogen) atoms. The lowest BCUT2D eigenvalue weighted by molar-refractivity contribution is 0.0792. The van der Waals surface area contributed by atoms with Gasteiger partial charge in [-0.1, -0.05) is 24.3 Å². The summed E-state index contributed by atoms with van der Waals surface area (Å²) in [5, 5.41) is 18.7. The molecule has 182 valence electrons. The molecule has 2 heterocycles. The summed E-state index contributed by atoms with van der Waals surface area (Å²) in [6.07, 6.45) is 2.72. The van der Waals surface area contributed by atoms with E-state index in [1.165, 1.54) is 29.7 Å². The zero-order chi connectivity index (χ0) is 24.8. The second-order valence-corrected chi connectivity index (χ2v) is 9.41. The number of piperidine rings is 1. The summed E-state index contributed by atoms with van der Waals surface area (Å²) in [5.41, 5.74) is 5.71. The summed E-state index contributed by atoms with van der Waals surface area (Å²) >= 11 is 1.27. The molecule has 9 heteroatoms. The van der Waals surface area contributed by atoms with Crippen molar-refractivity contribution in [2.45, 2.75) is 32.4 Å². The number of carbonyl (C=O) groups is 2. The number of nitrogens with zero attached hydrogens (tertiary/aromatic N) is 2. The monoisotopic (exact) mass is 494 g/mol. The normalized spacial score (nSPS) is 14.8. The molecule has 4 rings (SSSR count). The number of aryl methyl sites for hydroxylation is 1. The molecule has 0 aliphatic carbocycles. The van der Waals surface area contributed by atoms with Crippen LogP contribution in [0.2, 0.25) is 0 Å². The van der Waals surface area contributed by atoms with E-state index in [0.29, 0.717) is 28.2 Å². The maximum atomic E-state index is 13.0. The Hall–Kier alpha value is -3.40. The van der Waals surface area contributed by atoms with Gasteiger partial charge in [-0.3, -0.25) is 14.5 Å². The molecule has 7 nitrogen and oxygen atoms in total. The first kappa shape index (κ1) is 24.7. The lowest BCUT2D eigenvalue weighted by atomic mass is 10.1. The number of hydrazone groups is 1. The van der Waals surface area contributed by atoms with Crippen LogP contribution >= 0.6 is 11.3 Å². The second kappa shape index (κ2) is 11.4. The highest BCUT2D eigenvalue weighted by Crippen LogP contribution is 2.28. The summed E-state index contributed by atoms with van der Waals surface area (Å²) < 4.78 is 13.0. The van der Waals surface area contributed by atoms with Crippen LogP contribution in [0.25, 0.3) is 0 Å². The minimum Gasteiger partial charge on any atom is -0.393 e. The maximum Gasteiger partial charge on any atom is 0.274 e. The number of aliphatic hydroxyl groups is 1. The molecule has 0 radical (unpaired) electrons. The highest BCUT2D eigenvalue weighted by molar-refractivity contribution is 7.15. The Morgan fingerprint density at radius 2 is 1.91 bits per heavy atom. The first-order valence-electron chi connectivity index (χ1n) is 11.4. The molecule has 1 fully saturated rings. The van der Waals surface area contributed by atoms with E-state index >= 15 is 0 Å². The van der Waals surface area contributed by atoms with Gasteiger partial charge in [0.05, 0.1) is 17.9 Å². The van der Waals surface area contributed by atoms with Crippen LogP contribution < -0.4 is 10.7 Å². The second-order valence-electron chi connectivity index (χ2n) is 8.54. The zero-order valence-electron chi connectivity index (χ0n) is 19.3. The lowest BCUT2D eigenvalue weighted by Gasteiger charge is -2.29. The number of aliphatic hydroxyl groups excluding tert-OH is 1. The van der Waals surface area contributed by atoms with Gasteiger partial charge in [0.2, 0.25) is 0 Å². The van der Waals surface area contributed by atoms with Gasteiger partial charge in [-0.05, 0) is 66.1 Å². The van der Waals surface area contributed by atoms with Gasteiger partial charge in [0.1, 0.15) is 10.8 Å². The lowest BCUT2D eigenvalue weighted by Crippen LogP contribution is -2.35. The largest absolute Gasteiger partial charge is 0.393 e. The Labute approximate surface area is 207 Å². The van der Waals surface area contributed by atoms with Crippen LogP contribution in [0.5, 0.6) is 0 Å². The van der Waals surface area contributed by atoms with Crippen LogP contribution in [0.15, 0.2) is 59.0 Å². The summed E-state index contributed by atoms with van der Waals surface area (Å²) in [4.78, 5) is 28.0. The van der Waals surface area contributed by atoms with Gasteiger partial charge < -0.3 is 10.4 Å².